The second-order valence-electron chi connectivity index (χ2n) is 7.72. The second-order valence-corrected chi connectivity index (χ2v) is 7.72. The van der Waals surface area contributed by atoms with Gasteiger partial charge in [0, 0.05) is 19.1 Å². The smallest absolute Gasteiger partial charge is 0.0593 e. The molecule has 2 rings (SSSR count). The molecule has 3 heteroatoms. The molecule has 0 saturated heterocycles. The monoisotopic (exact) mass is 268 g/mol. The predicted molar refractivity (Wildman–Crippen MR) is 80.4 cm³/mol. The van der Waals surface area contributed by atoms with Crippen LogP contribution in [0.15, 0.2) is 0 Å². The molecule has 3 unspecified atom stereocenters. The van der Waals surface area contributed by atoms with E-state index in [1.807, 2.05) is 0 Å². The summed E-state index contributed by atoms with van der Waals surface area (Å²) in [5.41, 5.74) is 0.981. The molecule has 2 fully saturated rings. The molecular formula is C16H32N2O. The minimum absolute atomic E-state index is 0.455. The van der Waals surface area contributed by atoms with Gasteiger partial charge in [0.25, 0.3) is 0 Å². The molecule has 2 aliphatic carbocycles. The van der Waals surface area contributed by atoms with E-state index in [-0.39, 0.29) is 0 Å². The van der Waals surface area contributed by atoms with E-state index in [1.165, 1.54) is 19.3 Å². The van der Waals surface area contributed by atoms with Gasteiger partial charge in [-0.15, -0.1) is 0 Å². The lowest BCUT2D eigenvalue weighted by molar-refractivity contribution is 0.0831. The Bertz CT molecular complexity index is 298. The van der Waals surface area contributed by atoms with Gasteiger partial charge in [-0.3, -0.25) is 0 Å². The standard InChI is InChI=1S/C16H32N2O/c1-15(2)13-6-7-16(3,12-13)14(15)17-8-10-19-11-9-18(4)5/h13-14,17H,6-12H2,1-5H3. The van der Waals surface area contributed by atoms with Crippen LogP contribution >= 0.6 is 0 Å². The van der Waals surface area contributed by atoms with Crippen molar-refractivity contribution in [3.63, 3.8) is 0 Å². The number of nitrogens with zero attached hydrogens (tertiary/aromatic N) is 1. The molecule has 3 atom stereocenters. The fourth-order valence-corrected chi connectivity index (χ4v) is 4.44. The number of rotatable bonds is 7. The summed E-state index contributed by atoms with van der Waals surface area (Å²) in [5, 5.41) is 3.79. The fraction of sp³-hybridized carbons (Fsp3) is 1.00. The van der Waals surface area contributed by atoms with Gasteiger partial charge >= 0.3 is 0 Å². The van der Waals surface area contributed by atoms with Crippen molar-refractivity contribution in [2.45, 2.75) is 46.1 Å². The van der Waals surface area contributed by atoms with E-state index in [0.29, 0.717) is 16.9 Å². The second kappa shape index (κ2) is 5.71. The number of nitrogens with one attached hydrogen (secondary N) is 1. The normalized spacial score (nSPS) is 36.3. The van der Waals surface area contributed by atoms with Gasteiger partial charge in [-0.25, -0.2) is 0 Å². The molecule has 112 valence electrons. The van der Waals surface area contributed by atoms with Crippen LogP contribution in [0.3, 0.4) is 0 Å². The van der Waals surface area contributed by atoms with Crippen molar-refractivity contribution in [1.82, 2.24) is 10.2 Å². The molecule has 0 aromatic heterocycles. The first-order valence-corrected chi connectivity index (χ1v) is 7.82. The Morgan fingerprint density at radius 3 is 2.53 bits per heavy atom. The van der Waals surface area contributed by atoms with Gasteiger partial charge in [-0.05, 0) is 50.1 Å². The van der Waals surface area contributed by atoms with Gasteiger partial charge < -0.3 is 15.0 Å². The lowest BCUT2D eigenvalue weighted by Crippen LogP contribution is -2.51. The highest BCUT2D eigenvalue weighted by atomic mass is 16.5. The third kappa shape index (κ3) is 3.14. The molecule has 1 N–H and O–H groups in total. The molecule has 0 aliphatic heterocycles. The third-order valence-corrected chi connectivity index (χ3v) is 5.55. The highest BCUT2D eigenvalue weighted by Gasteiger charge is 2.58. The Kier molecular flexibility index (Phi) is 4.59. The fourth-order valence-electron chi connectivity index (χ4n) is 4.44. The Labute approximate surface area is 119 Å². The maximum absolute atomic E-state index is 5.68. The third-order valence-electron chi connectivity index (χ3n) is 5.55. The van der Waals surface area contributed by atoms with Crippen LogP contribution in [-0.4, -0.2) is 51.3 Å². The summed E-state index contributed by atoms with van der Waals surface area (Å²) < 4.78 is 5.68. The molecule has 3 nitrogen and oxygen atoms in total. The van der Waals surface area contributed by atoms with Gasteiger partial charge in [0.2, 0.25) is 0 Å². The van der Waals surface area contributed by atoms with E-state index in [4.69, 9.17) is 4.74 Å². The quantitative estimate of drug-likeness (QED) is 0.718. The van der Waals surface area contributed by atoms with Crippen molar-refractivity contribution in [3.05, 3.63) is 0 Å². The lowest BCUT2D eigenvalue weighted by Gasteiger charge is -2.43. The highest BCUT2D eigenvalue weighted by Crippen LogP contribution is 2.62. The predicted octanol–water partition coefficient (Wildman–Crippen LogP) is 2.37. The van der Waals surface area contributed by atoms with Crippen molar-refractivity contribution in [2.24, 2.45) is 16.7 Å². The summed E-state index contributed by atoms with van der Waals surface area (Å²) in [7, 11) is 4.17. The van der Waals surface area contributed by atoms with Crippen molar-refractivity contribution < 1.29 is 4.74 Å². The van der Waals surface area contributed by atoms with E-state index >= 15 is 0 Å². The first-order valence-electron chi connectivity index (χ1n) is 7.82. The average molecular weight is 268 g/mol. The molecular weight excluding hydrogens is 236 g/mol. The first kappa shape index (κ1) is 15.3. The maximum Gasteiger partial charge on any atom is 0.0593 e. The molecule has 2 bridgehead atoms. The molecule has 0 radical (unpaired) electrons. The van der Waals surface area contributed by atoms with Gasteiger partial charge in [-0.1, -0.05) is 20.8 Å². The zero-order chi connectivity index (χ0) is 14.1. The summed E-state index contributed by atoms with van der Waals surface area (Å²) in [4.78, 5) is 2.16. The van der Waals surface area contributed by atoms with Crippen LogP contribution < -0.4 is 5.32 Å². The molecule has 2 saturated carbocycles. The summed E-state index contributed by atoms with van der Waals surface area (Å²) in [6, 6.07) is 0.663. The molecule has 0 spiro atoms. The van der Waals surface area contributed by atoms with Gasteiger partial charge in [0.1, 0.15) is 0 Å². The molecule has 0 heterocycles. The molecule has 0 amide bonds. The van der Waals surface area contributed by atoms with Gasteiger partial charge in [0.05, 0.1) is 13.2 Å². The summed E-state index contributed by atoms with van der Waals surface area (Å²) in [6.07, 6.45) is 4.25. The van der Waals surface area contributed by atoms with Crippen LogP contribution in [0.1, 0.15) is 40.0 Å². The van der Waals surface area contributed by atoms with Crippen LogP contribution in [0.25, 0.3) is 0 Å². The van der Waals surface area contributed by atoms with Gasteiger partial charge in [0.15, 0.2) is 0 Å². The van der Waals surface area contributed by atoms with Crippen LogP contribution in [0, 0.1) is 16.7 Å². The average Bonchev–Trinajstić information content (AvgIpc) is 2.77. The summed E-state index contributed by atoms with van der Waals surface area (Å²) in [6.45, 7) is 11.0. The minimum atomic E-state index is 0.455. The summed E-state index contributed by atoms with van der Waals surface area (Å²) in [5.74, 6) is 0.921. The molecule has 19 heavy (non-hydrogen) atoms. The van der Waals surface area contributed by atoms with Crippen molar-refractivity contribution >= 4 is 0 Å². The van der Waals surface area contributed by atoms with E-state index < -0.39 is 0 Å². The Morgan fingerprint density at radius 1 is 1.21 bits per heavy atom. The van der Waals surface area contributed by atoms with Gasteiger partial charge in [-0.2, -0.15) is 0 Å². The van der Waals surface area contributed by atoms with Crippen molar-refractivity contribution in [2.75, 3.05) is 40.4 Å². The van der Waals surface area contributed by atoms with E-state index in [9.17, 15) is 0 Å². The Morgan fingerprint density at radius 2 is 1.95 bits per heavy atom. The van der Waals surface area contributed by atoms with Crippen LogP contribution in [0.5, 0.6) is 0 Å². The largest absolute Gasteiger partial charge is 0.379 e. The van der Waals surface area contributed by atoms with Crippen molar-refractivity contribution in [1.29, 1.82) is 0 Å². The maximum atomic E-state index is 5.68. The number of ether oxygens (including phenoxy) is 1. The highest BCUT2D eigenvalue weighted by molar-refractivity contribution is 5.11. The lowest BCUT2D eigenvalue weighted by atomic mass is 9.68. The van der Waals surface area contributed by atoms with E-state index in [2.05, 4.69) is 45.1 Å². The number of hydrogen-bond donors (Lipinski definition) is 1. The first-order chi connectivity index (χ1) is 8.86. The van der Waals surface area contributed by atoms with Crippen LogP contribution in [-0.2, 0) is 4.74 Å². The minimum Gasteiger partial charge on any atom is -0.379 e. The topological polar surface area (TPSA) is 24.5 Å². The van der Waals surface area contributed by atoms with E-state index in [1.54, 1.807) is 0 Å². The number of hydrogen-bond acceptors (Lipinski definition) is 3. The Balaban J connectivity index is 1.71. The molecule has 0 aromatic carbocycles. The zero-order valence-corrected chi connectivity index (χ0v) is 13.5. The SMILES string of the molecule is CN(C)CCOCCNC1C2(C)CCC(C2)C1(C)C. The number of likely N-dealkylation sites (N-methyl/N-ethyl adjacent to an activating group) is 1. The number of fused-ring (bicyclic) bond motifs is 2. The molecule has 2 aliphatic rings. The Hall–Kier alpha value is -0.120. The van der Waals surface area contributed by atoms with E-state index in [0.717, 1.165) is 32.2 Å². The zero-order valence-electron chi connectivity index (χ0n) is 13.5. The van der Waals surface area contributed by atoms with Crippen LogP contribution in [0.4, 0.5) is 0 Å². The summed E-state index contributed by atoms with van der Waals surface area (Å²) >= 11 is 0. The van der Waals surface area contributed by atoms with Crippen LogP contribution in [0.2, 0.25) is 0 Å². The molecule has 0 aromatic rings. The van der Waals surface area contributed by atoms with Crippen molar-refractivity contribution in [3.8, 4) is 0 Å².